The topological polar surface area (TPSA) is 78.5 Å². The largest absolute Gasteiger partial charge is 0.352 e. The molecule has 0 aromatic heterocycles. The second-order valence-electron chi connectivity index (χ2n) is 5.34. The molecule has 0 bridgehead atoms. The van der Waals surface area contributed by atoms with Gasteiger partial charge in [-0.2, -0.15) is 0 Å². The molecule has 8 heteroatoms. The molecule has 0 spiro atoms. The number of nitrogens with zero attached hydrogens (tertiary/aromatic N) is 1. The maximum Gasteiger partial charge on any atom is 0.242 e. The molecule has 6 nitrogen and oxygen atoms in total. The Bertz CT molecular complexity index is 596. The van der Waals surface area contributed by atoms with Crippen molar-refractivity contribution in [3.63, 3.8) is 0 Å². The van der Waals surface area contributed by atoms with Crippen molar-refractivity contribution < 1.29 is 13.2 Å². The van der Waals surface area contributed by atoms with Gasteiger partial charge in [0.2, 0.25) is 15.9 Å². The predicted molar refractivity (Wildman–Crippen MR) is 87.4 cm³/mol. The Morgan fingerprint density at radius 1 is 1.32 bits per heavy atom. The standard InChI is InChI=1S/C14H21N3O3S.ClH/c1-17(2)21(19,20)13-5-3-11(4-6-13)9-16-14(18)12-7-8-15-10-12;/h3-6,12,15H,7-10H2,1-2H3,(H,16,18);1H. The summed E-state index contributed by atoms with van der Waals surface area (Å²) >= 11 is 0. The first kappa shape index (κ1) is 18.9. The highest BCUT2D eigenvalue weighted by Gasteiger charge is 2.22. The van der Waals surface area contributed by atoms with E-state index in [0.717, 1.165) is 25.1 Å². The average molecular weight is 348 g/mol. The van der Waals surface area contributed by atoms with E-state index in [1.165, 1.54) is 18.4 Å². The Kier molecular flexibility index (Phi) is 6.80. The fourth-order valence-corrected chi connectivity index (χ4v) is 3.10. The summed E-state index contributed by atoms with van der Waals surface area (Å²) in [6, 6.07) is 6.58. The molecule has 124 valence electrons. The van der Waals surface area contributed by atoms with Crippen LogP contribution in [0.1, 0.15) is 12.0 Å². The Morgan fingerprint density at radius 2 is 1.95 bits per heavy atom. The summed E-state index contributed by atoms with van der Waals surface area (Å²) in [5.41, 5.74) is 0.881. The van der Waals surface area contributed by atoms with Crippen LogP contribution in [-0.2, 0) is 21.4 Å². The summed E-state index contributed by atoms with van der Waals surface area (Å²) in [7, 11) is -0.402. The monoisotopic (exact) mass is 347 g/mol. The maximum absolute atomic E-state index is 11.9. The third-order valence-corrected chi connectivity index (χ3v) is 5.43. The molecule has 1 amide bonds. The molecule has 0 aliphatic carbocycles. The van der Waals surface area contributed by atoms with E-state index in [2.05, 4.69) is 10.6 Å². The van der Waals surface area contributed by atoms with Gasteiger partial charge in [-0.25, -0.2) is 12.7 Å². The lowest BCUT2D eigenvalue weighted by molar-refractivity contribution is -0.124. The highest BCUT2D eigenvalue weighted by atomic mass is 35.5. The lowest BCUT2D eigenvalue weighted by atomic mass is 10.1. The molecule has 0 saturated carbocycles. The van der Waals surface area contributed by atoms with Crippen LogP contribution in [0, 0.1) is 5.92 Å². The molecule has 1 aromatic rings. The van der Waals surface area contributed by atoms with Gasteiger partial charge in [0.25, 0.3) is 0 Å². The summed E-state index contributed by atoms with van der Waals surface area (Å²) in [5.74, 6) is 0.0865. The smallest absolute Gasteiger partial charge is 0.242 e. The lowest BCUT2D eigenvalue weighted by Crippen LogP contribution is -2.31. The minimum atomic E-state index is -3.40. The van der Waals surface area contributed by atoms with E-state index in [1.54, 1.807) is 24.3 Å². The van der Waals surface area contributed by atoms with Gasteiger partial charge in [0, 0.05) is 27.2 Å². The number of hydrogen-bond donors (Lipinski definition) is 2. The summed E-state index contributed by atoms with van der Waals surface area (Å²) < 4.78 is 25.0. The molecule has 1 saturated heterocycles. The number of rotatable bonds is 5. The van der Waals surface area contributed by atoms with Gasteiger partial charge in [0.05, 0.1) is 10.8 Å². The number of carbonyl (C=O) groups excluding carboxylic acids is 1. The zero-order valence-electron chi connectivity index (χ0n) is 12.7. The van der Waals surface area contributed by atoms with Crippen molar-refractivity contribution in [2.24, 2.45) is 5.92 Å². The van der Waals surface area contributed by atoms with Crippen LogP contribution < -0.4 is 10.6 Å². The number of carbonyl (C=O) groups is 1. The van der Waals surface area contributed by atoms with Crippen molar-refractivity contribution in [1.82, 2.24) is 14.9 Å². The van der Waals surface area contributed by atoms with E-state index in [4.69, 9.17) is 0 Å². The van der Waals surface area contributed by atoms with Crippen LogP contribution in [0.2, 0.25) is 0 Å². The first-order valence-electron chi connectivity index (χ1n) is 6.91. The quantitative estimate of drug-likeness (QED) is 0.817. The molecule has 2 rings (SSSR count). The van der Waals surface area contributed by atoms with Crippen molar-refractivity contribution in [3.05, 3.63) is 29.8 Å². The van der Waals surface area contributed by atoms with Crippen LogP contribution >= 0.6 is 12.4 Å². The van der Waals surface area contributed by atoms with E-state index in [1.807, 2.05) is 0 Å². The van der Waals surface area contributed by atoms with Crippen molar-refractivity contribution in [3.8, 4) is 0 Å². The average Bonchev–Trinajstić information content (AvgIpc) is 2.99. The summed E-state index contributed by atoms with van der Waals surface area (Å²) in [6.07, 6.45) is 0.867. The van der Waals surface area contributed by atoms with Gasteiger partial charge in [-0.15, -0.1) is 12.4 Å². The SMILES string of the molecule is CN(C)S(=O)(=O)c1ccc(CNC(=O)C2CCNC2)cc1.Cl. The van der Waals surface area contributed by atoms with Crippen LogP contribution in [0.4, 0.5) is 0 Å². The maximum atomic E-state index is 11.9. The summed E-state index contributed by atoms with van der Waals surface area (Å²) in [5, 5.41) is 6.04. The van der Waals surface area contributed by atoms with Crippen LogP contribution in [-0.4, -0.2) is 45.8 Å². The predicted octanol–water partition coefficient (Wildman–Crippen LogP) is 0.584. The van der Waals surface area contributed by atoms with Gasteiger partial charge in [0.1, 0.15) is 0 Å². The van der Waals surface area contributed by atoms with Crippen molar-refractivity contribution in [2.75, 3.05) is 27.2 Å². The minimum Gasteiger partial charge on any atom is -0.352 e. The Labute approximate surface area is 137 Å². The van der Waals surface area contributed by atoms with E-state index in [0.29, 0.717) is 6.54 Å². The Morgan fingerprint density at radius 3 is 2.45 bits per heavy atom. The molecule has 0 radical (unpaired) electrons. The van der Waals surface area contributed by atoms with Crippen LogP contribution in [0.5, 0.6) is 0 Å². The van der Waals surface area contributed by atoms with Gasteiger partial charge in [-0.3, -0.25) is 4.79 Å². The number of sulfonamides is 1. The third kappa shape index (κ3) is 4.42. The molecule has 1 atom stereocenters. The summed E-state index contributed by atoms with van der Waals surface area (Å²) in [6.45, 7) is 2.03. The second kappa shape index (κ2) is 7.92. The van der Waals surface area contributed by atoms with Gasteiger partial charge in [0.15, 0.2) is 0 Å². The van der Waals surface area contributed by atoms with Crippen molar-refractivity contribution in [2.45, 2.75) is 17.9 Å². The normalized spacial score (nSPS) is 18.0. The first-order chi connectivity index (χ1) is 9.91. The molecule has 1 fully saturated rings. The number of hydrogen-bond acceptors (Lipinski definition) is 4. The zero-order chi connectivity index (χ0) is 15.5. The van der Waals surface area contributed by atoms with Crippen molar-refractivity contribution >= 4 is 28.3 Å². The van der Waals surface area contributed by atoms with Gasteiger partial charge < -0.3 is 10.6 Å². The second-order valence-corrected chi connectivity index (χ2v) is 7.49. The minimum absolute atomic E-state index is 0. The number of amides is 1. The van der Waals surface area contributed by atoms with Crippen LogP contribution in [0.15, 0.2) is 29.2 Å². The Hall–Kier alpha value is -1.15. The van der Waals surface area contributed by atoms with E-state index >= 15 is 0 Å². The molecule has 1 aliphatic rings. The molecule has 1 unspecified atom stereocenters. The molecule has 2 N–H and O–H groups in total. The first-order valence-corrected chi connectivity index (χ1v) is 8.35. The van der Waals surface area contributed by atoms with E-state index in [9.17, 15) is 13.2 Å². The molecule has 1 aromatic carbocycles. The van der Waals surface area contributed by atoms with Crippen LogP contribution in [0.25, 0.3) is 0 Å². The third-order valence-electron chi connectivity index (χ3n) is 3.60. The number of halogens is 1. The molecular weight excluding hydrogens is 326 g/mol. The van der Waals surface area contributed by atoms with Gasteiger partial charge in [-0.1, -0.05) is 12.1 Å². The van der Waals surface area contributed by atoms with Crippen molar-refractivity contribution in [1.29, 1.82) is 0 Å². The van der Waals surface area contributed by atoms with Crippen LogP contribution in [0.3, 0.4) is 0 Å². The highest BCUT2D eigenvalue weighted by Crippen LogP contribution is 2.14. The zero-order valence-corrected chi connectivity index (χ0v) is 14.3. The highest BCUT2D eigenvalue weighted by molar-refractivity contribution is 7.89. The fraction of sp³-hybridized carbons (Fsp3) is 0.500. The number of benzene rings is 1. The number of nitrogens with one attached hydrogen (secondary N) is 2. The fourth-order valence-electron chi connectivity index (χ4n) is 2.20. The van der Waals surface area contributed by atoms with E-state index < -0.39 is 10.0 Å². The van der Waals surface area contributed by atoms with Gasteiger partial charge >= 0.3 is 0 Å². The molecular formula is C14H22ClN3O3S. The lowest BCUT2D eigenvalue weighted by Gasteiger charge is -2.12. The Balaban J connectivity index is 0.00000242. The summed E-state index contributed by atoms with van der Waals surface area (Å²) in [4.78, 5) is 12.1. The molecule has 1 aliphatic heterocycles. The van der Waals surface area contributed by atoms with E-state index in [-0.39, 0.29) is 29.1 Å². The molecule has 1 heterocycles. The van der Waals surface area contributed by atoms with Gasteiger partial charge in [-0.05, 0) is 30.7 Å². The molecule has 22 heavy (non-hydrogen) atoms.